The predicted octanol–water partition coefficient (Wildman–Crippen LogP) is 2.60. The SMILES string of the molecule is CCN(CC)C(CNC(=NC)NCCSC)c1ccccc1. The molecular weight excluding hydrogens is 292 g/mol. The predicted molar refractivity (Wildman–Crippen MR) is 99.9 cm³/mol. The second-order valence-electron chi connectivity index (χ2n) is 5.02. The van der Waals surface area contributed by atoms with Crippen LogP contribution in [-0.4, -0.2) is 56.1 Å². The van der Waals surface area contributed by atoms with E-state index in [-0.39, 0.29) is 0 Å². The van der Waals surface area contributed by atoms with E-state index in [4.69, 9.17) is 0 Å². The van der Waals surface area contributed by atoms with Crippen molar-refractivity contribution in [3.8, 4) is 0 Å². The molecule has 0 heterocycles. The van der Waals surface area contributed by atoms with E-state index in [1.807, 2.05) is 18.8 Å². The molecule has 0 bridgehead atoms. The Hall–Kier alpha value is -1.20. The molecular formula is C17H30N4S. The highest BCUT2D eigenvalue weighted by Gasteiger charge is 2.17. The van der Waals surface area contributed by atoms with Crippen molar-refractivity contribution in [3.05, 3.63) is 35.9 Å². The number of benzene rings is 1. The summed E-state index contributed by atoms with van der Waals surface area (Å²) in [5, 5.41) is 6.82. The molecule has 0 aromatic heterocycles. The van der Waals surface area contributed by atoms with E-state index in [9.17, 15) is 0 Å². The van der Waals surface area contributed by atoms with Gasteiger partial charge in [-0.2, -0.15) is 11.8 Å². The summed E-state index contributed by atoms with van der Waals surface area (Å²) >= 11 is 1.83. The quantitative estimate of drug-likeness (QED) is 0.416. The van der Waals surface area contributed by atoms with Crippen LogP contribution in [0.5, 0.6) is 0 Å². The monoisotopic (exact) mass is 322 g/mol. The summed E-state index contributed by atoms with van der Waals surface area (Å²) in [5.74, 6) is 1.96. The third kappa shape index (κ3) is 6.28. The first-order valence-electron chi connectivity index (χ1n) is 7.99. The molecule has 1 aromatic carbocycles. The Labute approximate surface area is 139 Å². The fourth-order valence-electron chi connectivity index (χ4n) is 2.48. The largest absolute Gasteiger partial charge is 0.356 e. The molecule has 0 aliphatic carbocycles. The van der Waals surface area contributed by atoms with Crippen molar-refractivity contribution in [2.45, 2.75) is 19.9 Å². The Morgan fingerprint density at radius 1 is 1.18 bits per heavy atom. The maximum atomic E-state index is 4.30. The zero-order valence-electron chi connectivity index (χ0n) is 14.3. The smallest absolute Gasteiger partial charge is 0.191 e. The number of nitrogens with zero attached hydrogens (tertiary/aromatic N) is 2. The van der Waals surface area contributed by atoms with Crippen LogP contribution in [0.25, 0.3) is 0 Å². The van der Waals surface area contributed by atoms with Crippen molar-refractivity contribution < 1.29 is 0 Å². The van der Waals surface area contributed by atoms with Gasteiger partial charge < -0.3 is 10.6 Å². The average molecular weight is 323 g/mol. The van der Waals surface area contributed by atoms with Gasteiger partial charge in [0.25, 0.3) is 0 Å². The first-order valence-corrected chi connectivity index (χ1v) is 9.38. The number of likely N-dealkylation sites (N-methyl/N-ethyl adjacent to an activating group) is 1. The second-order valence-corrected chi connectivity index (χ2v) is 6.01. The number of guanidine groups is 1. The van der Waals surface area contributed by atoms with Crippen LogP contribution < -0.4 is 10.6 Å². The van der Waals surface area contributed by atoms with E-state index < -0.39 is 0 Å². The van der Waals surface area contributed by atoms with E-state index in [1.165, 1.54) is 5.56 Å². The lowest BCUT2D eigenvalue weighted by atomic mass is 10.1. The van der Waals surface area contributed by atoms with Crippen LogP contribution in [0.2, 0.25) is 0 Å². The maximum absolute atomic E-state index is 4.30. The van der Waals surface area contributed by atoms with Crippen molar-refractivity contribution in [3.63, 3.8) is 0 Å². The molecule has 0 aliphatic heterocycles. The van der Waals surface area contributed by atoms with Crippen molar-refractivity contribution in [2.75, 3.05) is 45.2 Å². The first kappa shape index (κ1) is 18.8. The van der Waals surface area contributed by atoms with Crippen molar-refractivity contribution in [1.82, 2.24) is 15.5 Å². The molecule has 1 aromatic rings. The molecule has 4 nitrogen and oxygen atoms in total. The number of thioether (sulfide) groups is 1. The number of hydrogen-bond donors (Lipinski definition) is 2. The molecule has 0 aliphatic rings. The molecule has 22 heavy (non-hydrogen) atoms. The standard InChI is InChI=1S/C17H30N4S/c1-5-21(6-2)16(15-10-8-7-9-11-15)14-20-17(18-3)19-12-13-22-4/h7-11,16H,5-6,12-14H2,1-4H3,(H2,18,19,20). The highest BCUT2D eigenvalue weighted by Crippen LogP contribution is 2.19. The van der Waals surface area contributed by atoms with Crippen LogP contribution in [0.15, 0.2) is 35.3 Å². The van der Waals surface area contributed by atoms with Gasteiger partial charge in [0.15, 0.2) is 5.96 Å². The Balaban J connectivity index is 2.68. The molecule has 1 unspecified atom stereocenters. The molecule has 0 radical (unpaired) electrons. The minimum Gasteiger partial charge on any atom is -0.356 e. The van der Waals surface area contributed by atoms with Gasteiger partial charge in [0.2, 0.25) is 0 Å². The van der Waals surface area contributed by atoms with Crippen LogP contribution in [0.3, 0.4) is 0 Å². The lowest BCUT2D eigenvalue weighted by Crippen LogP contribution is -2.43. The van der Waals surface area contributed by atoms with Gasteiger partial charge in [-0.25, -0.2) is 0 Å². The maximum Gasteiger partial charge on any atom is 0.191 e. The van der Waals surface area contributed by atoms with Gasteiger partial charge in [-0.05, 0) is 24.9 Å². The molecule has 0 saturated heterocycles. The van der Waals surface area contributed by atoms with Gasteiger partial charge >= 0.3 is 0 Å². The molecule has 1 rings (SSSR count). The fourth-order valence-corrected chi connectivity index (χ4v) is 2.79. The Kier molecular flexibility index (Phi) is 9.75. The van der Waals surface area contributed by atoms with E-state index in [1.54, 1.807) is 0 Å². The number of aliphatic imine (C=N–C) groups is 1. The van der Waals surface area contributed by atoms with Crippen LogP contribution in [0, 0.1) is 0 Å². The van der Waals surface area contributed by atoms with Crippen LogP contribution >= 0.6 is 11.8 Å². The summed E-state index contributed by atoms with van der Waals surface area (Å²) in [4.78, 5) is 6.77. The third-order valence-corrected chi connectivity index (χ3v) is 4.33. The normalized spacial score (nSPS) is 13.2. The summed E-state index contributed by atoms with van der Waals surface area (Å²) in [6, 6.07) is 11.0. The Bertz CT molecular complexity index is 418. The molecule has 0 saturated carbocycles. The minimum absolute atomic E-state index is 0.357. The zero-order chi connectivity index (χ0) is 16.2. The number of hydrogen-bond acceptors (Lipinski definition) is 3. The van der Waals surface area contributed by atoms with E-state index >= 15 is 0 Å². The molecule has 124 valence electrons. The molecule has 0 spiro atoms. The van der Waals surface area contributed by atoms with Gasteiger partial charge in [-0.1, -0.05) is 44.2 Å². The topological polar surface area (TPSA) is 39.7 Å². The van der Waals surface area contributed by atoms with Crippen molar-refractivity contribution in [1.29, 1.82) is 0 Å². The fraction of sp³-hybridized carbons (Fsp3) is 0.588. The van der Waals surface area contributed by atoms with Gasteiger partial charge in [0.1, 0.15) is 0 Å². The molecule has 0 amide bonds. The van der Waals surface area contributed by atoms with Gasteiger partial charge in [0, 0.05) is 25.9 Å². The number of rotatable bonds is 9. The molecule has 1 atom stereocenters. The van der Waals surface area contributed by atoms with E-state index in [2.05, 4.69) is 71.0 Å². The van der Waals surface area contributed by atoms with Crippen LogP contribution in [0.1, 0.15) is 25.5 Å². The molecule has 0 fully saturated rings. The van der Waals surface area contributed by atoms with Crippen molar-refractivity contribution >= 4 is 17.7 Å². The molecule has 5 heteroatoms. The highest BCUT2D eigenvalue weighted by molar-refractivity contribution is 7.98. The Morgan fingerprint density at radius 2 is 1.86 bits per heavy atom. The molecule has 2 N–H and O–H groups in total. The Morgan fingerprint density at radius 3 is 2.41 bits per heavy atom. The highest BCUT2D eigenvalue weighted by atomic mass is 32.2. The lowest BCUT2D eigenvalue weighted by molar-refractivity contribution is 0.219. The third-order valence-electron chi connectivity index (χ3n) is 3.72. The summed E-state index contributed by atoms with van der Waals surface area (Å²) in [6.45, 7) is 8.29. The van der Waals surface area contributed by atoms with Crippen molar-refractivity contribution in [2.24, 2.45) is 4.99 Å². The summed E-state index contributed by atoms with van der Waals surface area (Å²) in [7, 11) is 1.82. The lowest BCUT2D eigenvalue weighted by Gasteiger charge is -2.30. The van der Waals surface area contributed by atoms with Gasteiger partial charge in [0.05, 0.1) is 6.04 Å². The van der Waals surface area contributed by atoms with Crippen LogP contribution in [0.4, 0.5) is 0 Å². The summed E-state index contributed by atoms with van der Waals surface area (Å²) < 4.78 is 0. The van der Waals surface area contributed by atoms with Gasteiger partial charge in [-0.3, -0.25) is 9.89 Å². The minimum atomic E-state index is 0.357. The van der Waals surface area contributed by atoms with E-state index in [0.717, 1.165) is 37.9 Å². The summed E-state index contributed by atoms with van der Waals surface area (Å²) in [5.41, 5.74) is 1.35. The zero-order valence-corrected chi connectivity index (χ0v) is 15.1. The van der Waals surface area contributed by atoms with Crippen LogP contribution in [-0.2, 0) is 0 Å². The average Bonchev–Trinajstić information content (AvgIpc) is 2.57. The number of nitrogens with one attached hydrogen (secondary N) is 2. The summed E-state index contributed by atoms with van der Waals surface area (Å²) in [6.07, 6.45) is 2.11. The second kappa shape index (κ2) is 11.4. The first-order chi connectivity index (χ1) is 10.8. The van der Waals surface area contributed by atoms with E-state index in [0.29, 0.717) is 6.04 Å². The van der Waals surface area contributed by atoms with Gasteiger partial charge in [-0.15, -0.1) is 0 Å².